The molecule has 8 nitrogen and oxygen atoms in total. The highest BCUT2D eigenvalue weighted by Crippen LogP contribution is 2.21. The average Bonchev–Trinajstić information content (AvgIpc) is 2.86. The van der Waals surface area contributed by atoms with Gasteiger partial charge in [0, 0.05) is 19.4 Å². The Morgan fingerprint density at radius 2 is 2.33 bits per heavy atom. The highest BCUT2D eigenvalue weighted by atomic mass is 127. The minimum atomic E-state index is -0.344. The lowest BCUT2D eigenvalue weighted by molar-refractivity contribution is -0.153. The van der Waals surface area contributed by atoms with E-state index < -0.39 is 0 Å². The van der Waals surface area contributed by atoms with Crippen molar-refractivity contribution < 1.29 is 14.3 Å². The summed E-state index contributed by atoms with van der Waals surface area (Å²) in [7, 11) is 0. The molecule has 0 aromatic carbocycles. The number of nitrogens with zero attached hydrogens (tertiary/aromatic N) is 4. The monoisotopic (exact) mass is 445 g/mol. The number of aromatic nitrogens is 4. The number of esters is 1. The summed E-state index contributed by atoms with van der Waals surface area (Å²) < 4.78 is 13.4. The number of imidazole rings is 1. The van der Waals surface area contributed by atoms with Gasteiger partial charge in [0.2, 0.25) is 5.95 Å². The van der Waals surface area contributed by atoms with Gasteiger partial charge >= 0.3 is 5.97 Å². The third kappa shape index (κ3) is 3.61. The number of rotatable bonds is 4. The molecule has 3 heterocycles. The maximum Gasteiger partial charge on any atom is 0.303 e. The van der Waals surface area contributed by atoms with E-state index in [1.165, 1.54) is 6.92 Å². The number of halogens is 1. The molecule has 0 aliphatic carbocycles. The van der Waals surface area contributed by atoms with Crippen LogP contribution in [-0.2, 0) is 14.3 Å². The van der Waals surface area contributed by atoms with Crippen LogP contribution in [0, 0.1) is 3.70 Å². The summed E-state index contributed by atoms with van der Waals surface area (Å²) in [4.78, 5) is 20.2. The van der Waals surface area contributed by atoms with Crippen LogP contribution in [0.15, 0.2) is 6.20 Å². The van der Waals surface area contributed by atoms with Gasteiger partial charge in [-0.2, -0.15) is 0 Å². The molecule has 0 saturated carbocycles. The SMILES string of the molecule is CC(=O)O[C@@H]1COCC[C@H]1Nc1ncc2c(I)nc(C(C)C)n2n1. The Kier molecular flexibility index (Phi) is 5.18. The van der Waals surface area contributed by atoms with Crippen molar-refractivity contribution in [2.75, 3.05) is 18.5 Å². The van der Waals surface area contributed by atoms with Crippen molar-refractivity contribution in [3.8, 4) is 0 Å². The van der Waals surface area contributed by atoms with E-state index in [2.05, 4.69) is 56.8 Å². The van der Waals surface area contributed by atoms with Crippen LogP contribution in [0.25, 0.3) is 5.52 Å². The average molecular weight is 445 g/mol. The van der Waals surface area contributed by atoms with Crippen molar-refractivity contribution >= 4 is 40.0 Å². The van der Waals surface area contributed by atoms with E-state index in [4.69, 9.17) is 9.47 Å². The standard InChI is InChI=1S/C15H20IN5O3/c1-8(2)14-19-13(16)11-6-17-15(20-21(11)14)18-10-4-5-23-7-12(10)24-9(3)22/h6,8,10,12H,4-5,7H2,1-3H3,(H,18,20)/t10-,12-/m1/s1. The fourth-order valence-electron chi connectivity index (χ4n) is 2.68. The van der Waals surface area contributed by atoms with Crippen molar-refractivity contribution in [3.05, 3.63) is 15.7 Å². The number of fused-ring (bicyclic) bond motifs is 1. The Balaban J connectivity index is 1.86. The molecule has 130 valence electrons. The lowest BCUT2D eigenvalue weighted by atomic mass is 10.1. The summed E-state index contributed by atoms with van der Waals surface area (Å²) in [6.45, 7) is 6.54. The molecule has 3 rings (SSSR count). The van der Waals surface area contributed by atoms with Gasteiger partial charge in [0.25, 0.3) is 0 Å². The molecule has 24 heavy (non-hydrogen) atoms. The molecule has 0 unspecified atom stereocenters. The molecule has 1 aliphatic heterocycles. The number of carbonyl (C=O) groups excluding carboxylic acids is 1. The van der Waals surface area contributed by atoms with Crippen LogP contribution >= 0.6 is 22.6 Å². The first-order valence-corrected chi connectivity index (χ1v) is 8.96. The summed E-state index contributed by atoms with van der Waals surface area (Å²) in [5.74, 6) is 1.31. The quantitative estimate of drug-likeness (QED) is 0.569. The van der Waals surface area contributed by atoms with E-state index in [9.17, 15) is 4.79 Å². The molecule has 1 aliphatic rings. The van der Waals surface area contributed by atoms with Gasteiger partial charge in [-0.15, -0.1) is 5.10 Å². The Hall–Kier alpha value is -1.49. The first-order chi connectivity index (χ1) is 11.5. The Bertz CT molecular complexity index is 748. The predicted octanol–water partition coefficient (Wildman–Crippen LogP) is 1.98. The Morgan fingerprint density at radius 1 is 1.54 bits per heavy atom. The van der Waals surface area contributed by atoms with E-state index in [1.807, 2.05) is 4.52 Å². The van der Waals surface area contributed by atoms with Crippen LogP contribution in [0.5, 0.6) is 0 Å². The molecule has 0 bridgehead atoms. The topological polar surface area (TPSA) is 90.6 Å². The molecular weight excluding hydrogens is 425 g/mol. The number of hydrogen-bond donors (Lipinski definition) is 1. The zero-order valence-corrected chi connectivity index (χ0v) is 16.0. The van der Waals surface area contributed by atoms with Crippen LogP contribution in [0.3, 0.4) is 0 Å². The fraction of sp³-hybridized carbons (Fsp3) is 0.600. The molecule has 2 aromatic heterocycles. The van der Waals surface area contributed by atoms with Gasteiger partial charge in [0.05, 0.1) is 18.8 Å². The van der Waals surface area contributed by atoms with Crippen LogP contribution in [0.2, 0.25) is 0 Å². The largest absolute Gasteiger partial charge is 0.458 e. The summed E-state index contributed by atoms with van der Waals surface area (Å²) >= 11 is 2.19. The van der Waals surface area contributed by atoms with Gasteiger partial charge in [-0.1, -0.05) is 13.8 Å². The van der Waals surface area contributed by atoms with Gasteiger partial charge in [0.15, 0.2) is 0 Å². The summed E-state index contributed by atoms with van der Waals surface area (Å²) in [5, 5.41) is 7.84. The molecule has 0 spiro atoms. The number of hydrogen-bond acceptors (Lipinski definition) is 7. The molecular formula is C15H20IN5O3. The number of nitrogens with one attached hydrogen (secondary N) is 1. The Labute approximate surface area is 153 Å². The zero-order valence-electron chi connectivity index (χ0n) is 13.8. The van der Waals surface area contributed by atoms with Crippen molar-refractivity contribution in [2.45, 2.75) is 45.3 Å². The zero-order chi connectivity index (χ0) is 17.3. The molecule has 2 atom stereocenters. The smallest absolute Gasteiger partial charge is 0.303 e. The summed E-state index contributed by atoms with van der Waals surface area (Å²) in [6, 6.07) is -0.0785. The van der Waals surface area contributed by atoms with Crippen LogP contribution < -0.4 is 5.32 Å². The van der Waals surface area contributed by atoms with Crippen LogP contribution in [-0.4, -0.2) is 50.9 Å². The van der Waals surface area contributed by atoms with E-state index in [-0.39, 0.29) is 24.0 Å². The molecule has 0 radical (unpaired) electrons. The lowest BCUT2D eigenvalue weighted by Gasteiger charge is -2.31. The maximum absolute atomic E-state index is 11.3. The first-order valence-electron chi connectivity index (χ1n) is 7.88. The van der Waals surface area contributed by atoms with Gasteiger partial charge < -0.3 is 14.8 Å². The van der Waals surface area contributed by atoms with Crippen molar-refractivity contribution in [1.29, 1.82) is 0 Å². The molecule has 1 fully saturated rings. The van der Waals surface area contributed by atoms with E-state index in [0.29, 0.717) is 19.2 Å². The van der Waals surface area contributed by atoms with Crippen LogP contribution in [0.4, 0.5) is 5.95 Å². The first kappa shape index (κ1) is 17.3. The van der Waals surface area contributed by atoms with E-state index in [1.54, 1.807) is 6.20 Å². The fourth-order valence-corrected chi connectivity index (χ4v) is 3.30. The predicted molar refractivity (Wildman–Crippen MR) is 96.0 cm³/mol. The number of ether oxygens (including phenoxy) is 2. The highest BCUT2D eigenvalue weighted by Gasteiger charge is 2.29. The Morgan fingerprint density at radius 3 is 3.04 bits per heavy atom. The van der Waals surface area contributed by atoms with Gasteiger partial charge in [0.1, 0.15) is 21.1 Å². The maximum atomic E-state index is 11.3. The van der Waals surface area contributed by atoms with Crippen molar-refractivity contribution in [3.63, 3.8) is 0 Å². The van der Waals surface area contributed by atoms with E-state index >= 15 is 0 Å². The van der Waals surface area contributed by atoms with Crippen LogP contribution in [0.1, 0.15) is 38.9 Å². The minimum Gasteiger partial charge on any atom is -0.458 e. The third-order valence-electron chi connectivity index (χ3n) is 3.83. The molecule has 2 aromatic rings. The van der Waals surface area contributed by atoms with Gasteiger partial charge in [-0.3, -0.25) is 4.79 Å². The van der Waals surface area contributed by atoms with Gasteiger partial charge in [-0.05, 0) is 29.0 Å². The second-order valence-corrected chi connectivity index (χ2v) is 7.08. The molecule has 1 saturated heterocycles. The summed E-state index contributed by atoms with van der Waals surface area (Å²) in [6.07, 6.45) is 2.14. The minimum absolute atomic E-state index is 0.0785. The second kappa shape index (κ2) is 7.18. The second-order valence-electron chi connectivity index (χ2n) is 6.06. The molecule has 9 heteroatoms. The van der Waals surface area contributed by atoms with Crippen molar-refractivity contribution in [1.82, 2.24) is 19.6 Å². The summed E-state index contributed by atoms with van der Waals surface area (Å²) in [5.41, 5.74) is 0.883. The lowest BCUT2D eigenvalue weighted by Crippen LogP contribution is -2.44. The third-order valence-corrected chi connectivity index (χ3v) is 4.62. The van der Waals surface area contributed by atoms with E-state index in [0.717, 1.165) is 21.5 Å². The number of carbonyl (C=O) groups is 1. The molecule has 1 N–H and O–H groups in total. The van der Waals surface area contributed by atoms with Gasteiger partial charge in [-0.25, -0.2) is 14.5 Å². The highest BCUT2D eigenvalue weighted by molar-refractivity contribution is 14.1. The normalized spacial score (nSPS) is 21.2. The van der Waals surface area contributed by atoms with Crippen molar-refractivity contribution in [2.24, 2.45) is 0 Å². The molecule has 0 amide bonds. The number of anilines is 1.